The van der Waals surface area contributed by atoms with Crippen LogP contribution < -0.4 is 10.5 Å². The minimum atomic E-state index is -0.259. The fraction of sp³-hybridized carbons (Fsp3) is 0.538. The van der Waals surface area contributed by atoms with Crippen LogP contribution in [0.25, 0.3) is 0 Å². The largest absolute Gasteiger partial charge is 0.493 e. The number of nitrogens with two attached hydrogens (primary N) is 1. The Morgan fingerprint density at radius 2 is 2.12 bits per heavy atom. The SMILES string of the molecule is COCCCOc1ccc(F)cc1CC(C)N. The van der Waals surface area contributed by atoms with Crippen molar-refractivity contribution in [2.24, 2.45) is 5.73 Å². The van der Waals surface area contributed by atoms with Gasteiger partial charge in [0.15, 0.2) is 0 Å². The van der Waals surface area contributed by atoms with E-state index in [0.29, 0.717) is 25.4 Å². The van der Waals surface area contributed by atoms with Crippen molar-refractivity contribution in [3.8, 4) is 5.75 Å². The summed E-state index contributed by atoms with van der Waals surface area (Å²) in [6.07, 6.45) is 1.42. The van der Waals surface area contributed by atoms with Gasteiger partial charge in [0, 0.05) is 26.2 Å². The molecule has 96 valence electrons. The van der Waals surface area contributed by atoms with Crippen molar-refractivity contribution in [3.05, 3.63) is 29.6 Å². The fourth-order valence-corrected chi connectivity index (χ4v) is 1.58. The van der Waals surface area contributed by atoms with Gasteiger partial charge in [0.1, 0.15) is 11.6 Å². The molecule has 0 aliphatic carbocycles. The monoisotopic (exact) mass is 241 g/mol. The Labute approximate surface area is 102 Å². The molecule has 0 aliphatic rings. The van der Waals surface area contributed by atoms with Crippen LogP contribution in [-0.2, 0) is 11.2 Å². The molecule has 0 aliphatic heterocycles. The highest BCUT2D eigenvalue weighted by Crippen LogP contribution is 2.21. The van der Waals surface area contributed by atoms with E-state index in [4.69, 9.17) is 15.2 Å². The molecule has 1 unspecified atom stereocenters. The van der Waals surface area contributed by atoms with E-state index in [9.17, 15) is 4.39 Å². The van der Waals surface area contributed by atoms with Crippen LogP contribution >= 0.6 is 0 Å². The van der Waals surface area contributed by atoms with Gasteiger partial charge in [-0.05, 0) is 37.1 Å². The predicted molar refractivity (Wildman–Crippen MR) is 65.7 cm³/mol. The minimum Gasteiger partial charge on any atom is -0.493 e. The van der Waals surface area contributed by atoms with Crippen LogP contribution in [0.1, 0.15) is 18.9 Å². The van der Waals surface area contributed by atoms with Crippen molar-refractivity contribution in [2.75, 3.05) is 20.3 Å². The van der Waals surface area contributed by atoms with Crippen molar-refractivity contribution in [3.63, 3.8) is 0 Å². The maximum Gasteiger partial charge on any atom is 0.123 e. The second-order valence-electron chi connectivity index (χ2n) is 4.13. The Balaban J connectivity index is 2.62. The Hall–Kier alpha value is -1.13. The van der Waals surface area contributed by atoms with Crippen LogP contribution in [0.15, 0.2) is 18.2 Å². The van der Waals surface area contributed by atoms with Gasteiger partial charge in [-0.25, -0.2) is 4.39 Å². The number of halogens is 1. The van der Waals surface area contributed by atoms with Gasteiger partial charge in [-0.15, -0.1) is 0 Å². The summed E-state index contributed by atoms with van der Waals surface area (Å²) in [5.74, 6) is 0.449. The number of hydrogen-bond donors (Lipinski definition) is 1. The third-order valence-corrected chi connectivity index (χ3v) is 2.31. The predicted octanol–water partition coefficient (Wildman–Crippen LogP) is 2.13. The highest BCUT2D eigenvalue weighted by molar-refractivity contribution is 5.34. The molecule has 1 aromatic rings. The highest BCUT2D eigenvalue weighted by atomic mass is 19.1. The fourth-order valence-electron chi connectivity index (χ4n) is 1.58. The molecule has 1 rings (SSSR count). The van der Waals surface area contributed by atoms with E-state index in [0.717, 1.165) is 12.0 Å². The van der Waals surface area contributed by atoms with Crippen LogP contribution in [0.5, 0.6) is 5.75 Å². The lowest BCUT2D eigenvalue weighted by atomic mass is 10.1. The number of methoxy groups -OCH3 is 1. The van der Waals surface area contributed by atoms with Crippen LogP contribution in [0.4, 0.5) is 4.39 Å². The molecule has 0 bridgehead atoms. The van der Waals surface area contributed by atoms with Crippen LogP contribution in [0, 0.1) is 5.82 Å². The summed E-state index contributed by atoms with van der Waals surface area (Å²) >= 11 is 0. The molecule has 17 heavy (non-hydrogen) atoms. The molecule has 0 radical (unpaired) electrons. The van der Waals surface area contributed by atoms with E-state index in [1.165, 1.54) is 12.1 Å². The van der Waals surface area contributed by atoms with Crippen molar-refractivity contribution in [1.29, 1.82) is 0 Å². The molecule has 0 saturated carbocycles. The molecule has 1 aromatic carbocycles. The third-order valence-electron chi connectivity index (χ3n) is 2.31. The third kappa shape index (κ3) is 5.15. The first kappa shape index (κ1) is 13.9. The van der Waals surface area contributed by atoms with E-state index < -0.39 is 0 Å². The number of rotatable bonds is 7. The summed E-state index contributed by atoms with van der Waals surface area (Å²) in [5.41, 5.74) is 6.54. The van der Waals surface area contributed by atoms with Gasteiger partial charge in [-0.1, -0.05) is 0 Å². The quantitative estimate of drug-likeness (QED) is 0.744. The van der Waals surface area contributed by atoms with Crippen LogP contribution in [0.2, 0.25) is 0 Å². The lowest BCUT2D eigenvalue weighted by Crippen LogP contribution is -2.18. The van der Waals surface area contributed by atoms with E-state index in [-0.39, 0.29) is 11.9 Å². The minimum absolute atomic E-state index is 0.0156. The Bertz CT molecular complexity index is 342. The summed E-state index contributed by atoms with van der Waals surface area (Å²) in [6, 6.07) is 4.52. The van der Waals surface area contributed by atoms with E-state index in [1.54, 1.807) is 13.2 Å². The first-order chi connectivity index (χ1) is 8.13. The normalized spacial score (nSPS) is 12.5. The summed E-state index contributed by atoms with van der Waals surface area (Å²) in [4.78, 5) is 0. The number of hydrogen-bond acceptors (Lipinski definition) is 3. The van der Waals surface area contributed by atoms with Gasteiger partial charge in [0.2, 0.25) is 0 Å². The molecule has 0 saturated heterocycles. The van der Waals surface area contributed by atoms with Crippen molar-refractivity contribution >= 4 is 0 Å². The van der Waals surface area contributed by atoms with Crippen molar-refractivity contribution < 1.29 is 13.9 Å². The van der Waals surface area contributed by atoms with E-state index in [2.05, 4.69) is 0 Å². The zero-order valence-electron chi connectivity index (χ0n) is 10.4. The van der Waals surface area contributed by atoms with Crippen LogP contribution in [0.3, 0.4) is 0 Å². The van der Waals surface area contributed by atoms with Gasteiger partial charge in [0.25, 0.3) is 0 Å². The standard InChI is InChI=1S/C13H20FNO2/c1-10(15)8-11-9-12(14)4-5-13(11)17-7-3-6-16-2/h4-5,9-10H,3,6-8,15H2,1-2H3. The lowest BCUT2D eigenvalue weighted by Gasteiger charge is -2.13. The molecule has 0 heterocycles. The number of benzene rings is 1. The summed E-state index contributed by atoms with van der Waals surface area (Å²) < 4.78 is 23.7. The average molecular weight is 241 g/mol. The summed E-state index contributed by atoms with van der Waals surface area (Å²) in [6.45, 7) is 3.11. The average Bonchev–Trinajstić information content (AvgIpc) is 2.26. The van der Waals surface area contributed by atoms with Gasteiger partial charge in [0.05, 0.1) is 6.61 Å². The zero-order valence-corrected chi connectivity index (χ0v) is 10.4. The van der Waals surface area contributed by atoms with Gasteiger partial charge in [-0.3, -0.25) is 0 Å². The topological polar surface area (TPSA) is 44.5 Å². The summed E-state index contributed by atoms with van der Waals surface area (Å²) in [5, 5.41) is 0. The molecule has 0 amide bonds. The Kier molecular flexibility index (Phi) is 5.94. The van der Waals surface area contributed by atoms with Gasteiger partial charge >= 0.3 is 0 Å². The van der Waals surface area contributed by atoms with E-state index >= 15 is 0 Å². The second-order valence-corrected chi connectivity index (χ2v) is 4.13. The van der Waals surface area contributed by atoms with Gasteiger partial charge < -0.3 is 15.2 Å². The first-order valence-electron chi connectivity index (χ1n) is 5.79. The molecule has 1 atom stereocenters. The smallest absolute Gasteiger partial charge is 0.123 e. The molecule has 0 aromatic heterocycles. The molecular formula is C13H20FNO2. The Morgan fingerprint density at radius 1 is 1.35 bits per heavy atom. The molecule has 0 spiro atoms. The number of ether oxygens (including phenoxy) is 2. The molecular weight excluding hydrogens is 221 g/mol. The molecule has 2 N–H and O–H groups in total. The molecule has 4 heteroatoms. The lowest BCUT2D eigenvalue weighted by molar-refractivity contribution is 0.171. The van der Waals surface area contributed by atoms with Crippen molar-refractivity contribution in [2.45, 2.75) is 25.8 Å². The highest BCUT2D eigenvalue weighted by Gasteiger charge is 2.07. The maximum absolute atomic E-state index is 13.1. The Morgan fingerprint density at radius 3 is 2.76 bits per heavy atom. The van der Waals surface area contributed by atoms with Crippen molar-refractivity contribution in [1.82, 2.24) is 0 Å². The molecule has 3 nitrogen and oxygen atoms in total. The molecule has 0 fully saturated rings. The van der Waals surface area contributed by atoms with E-state index in [1.807, 2.05) is 6.92 Å². The maximum atomic E-state index is 13.1. The zero-order chi connectivity index (χ0) is 12.7. The summed E-state index contributed by atoms with van der Waals surface area (Å²) in [7, 11) is 1.65. The first-order valence-corrected chi connectivity index (χ1v) is 5.79. The van der Waals surface area contributed by atoms with Crippen LogP contribution in [-0.4, -0.2) is 26.4 Å². The van der Waals surface area contributed by atoms with Gasteiger partial charge in [-0.2, -0.15) is 0 Å². The second kappa shape index (κ2) is 7.25.